The van der Waals surface area contributed by atoms with Crippen molar-refractivity contribution < 1.29 is 7.48 Å². The van der Waals surface area contributed by atoms with Crippen molar-refractivity contribution in [3.63, 3.8) is 0 Å². The lowest BCUT2D eigenvalue weighted by Crippen LogP contribution is -1.83. The summed E-state index contributed by atoms with van der Waals surface area (Å²) >= 11 is 0. The second-order valence-electron chi connectivity index (χ2n) is 1.91. The first kappa shape index (κ1) is 3.32. The summed E-state index contributed by atoms with van der Waals surface area (Å²) in [5.74, 6) is 0. The van der Waals surface area contributed by atoms with Gasteiger partial charge in [-0.25, -0.2) is 0 Å². The maximum atomic E-state index is 7.34. The zero-order chi connectivity index (χ0) is 7.84. The van der Waals surface area contributed by atoms with Gasteiger partial charge in [-0.2, -0.15) is 0 Å². The van der Waals surface area contributed by atoms with E-state index in [-0.39, 0.29) is 0 Å². The number of hydrogen-bond donors (Lipinski definition) is 0. The summed E-state index contributed by atoms with van der Waals surface area (Å²) in [5, 5.41) is 0. The second-order valence-corrected chi connectivity index (χ2v) is 1.91. The first-order valence-electron chi connectivity index (χ1n) is 3.84. The Morgan fingerprint density at radius 1 is 1.89 bits per heavy atom. The van der Waals surface area contributed by atoms with E-state index in [9.17, 15) is 0 Å². The predicted molar refractivity (Wildman–Crippen MR) is 32.7 cm³/mol. The van der Waals surface area contributed by atoms with Gasteiger partial charge in [-0.3, -0.25) is 4.98 Å². The molecule has 0 fully saturated rings. The summed E-state index contributed by atoms with van der Waals surface area (Å²) < 4.78 is 19.6. The van der Waals surface area contributed by atoms with Crippen molar-refractivity contribution in [2.24, 2.45) is 0 Å². The van der Waals surface area contributed by atoms with Crippen LogP contribution in [-0.2, 0) is 17.9 Å². The molecule has 0 radical (unpaired) electrons. The Hall–Kier alpha value is -0.890. The highest BCUT2D eigenvalue weighted by Crippen LogP contribution is 2.15. The van der Waals surface area contributed by atoms with Gasteiger partial charge in [0.25, 0.3) is 0 Å². The molecule has 1 atom stereocenters. The summed E-state index contributed by atoms with van der Waals surface area (Å²) in [6.45, 7) is -0.228. The lowest BCUT2D eigenvalue weighted by Gasteiger charge is -1.89. The summed E-state index contributed by atoms with van der Waals surface area (Å²) in [4.78, 5) is 3.94. The molecule has 0 spiro atoms. The largest absolute Gasteiger partial charge is 0.370 e. The molecule has 2 rings (SSSR count). The smallest absolute Gasteiger partial charge is 0.0896 e. The Bertz CT molecular complexity index is 290. The van der Waals surface area contributed by atoms with Crippen LogP contribution < -0.4 is 0 Å². The number of nitrogens with zero attached hydrogens (tertiary/aromatic N) is 1. The summed E-state index contributed by atoms with van der Waals surface area (Å²) in [5.41, 5.74) is 1.53. The maximum Gasteiger partial charge on any atom is 0.0896 e. The van der Waals surface area contributed by atoms with E-state index in [0.717, 1.165) is 5.56 Å². The average Bonchev–Trinajstić information content (AvgIpc) is 2.32. The molecular formula is C7H7NO. The van der Waals surface area contributed by atoms with Crippen LogP contribution in [0.2, 0.25) is 0 Å². The molecule has 0 saturated carbocycles. The molecule has 0 N–H and O–H groups in total. The van der Waals surface area contributed by atoms with Crippen molar-refractivity contribution in [1.82, 2.24) is 4.98 Å². The van der Waals surface area contributed by atoms with Crippen LogP contribution in [0.1, 0.15) is 14.0 Å². The highest BCUT2D eigenvalue weighted by molar-refractivity contribution is 5.20. The van der Waals surface area contributed by atoms with Crippen molar-refractivity contribution in [1.29, 1.82) is 0 Å². The molecule has 0 aliphatic carbocycles. The molecule has 46 valence electrons. The van der Waals surface area contributed by atoms with Crippen molar-refractivity contribution in [2.45, 2.75) is 13.2 Å². The summed E-state index contributed by atoms with van der Waals surface area (Å²) in [6, 6.07) is 2.07. The van der Waals surface area contributed by atoms with Crippen LogP contribution in [0.15, 0.2) is 18.3 Å². The zero-order valence-electron chi connectivity index (χ0n) is 6.79. The quantitative estimate of drug-likeness (QED) is 0.515. The Morgan fingerprint density at radius 3 is 3.89 bits per heavy atom. The molecule has 0 amide bonds. The van der Waals surface area contributed by atoms with Crippen molar-refractivity contribution in [3.05, 3.63) is 29.6 Å². The van der Waals surface area contributed by atoms with E-state index < -0.39 is 6.58 Å². The number of fused-ring (bicyclic) bond motifs is 1. The molecule has 2 nitrogen and oxygen atoms in total. The third-order valence-electron chi connectivity index (χ3n) is 1.30. The van der Waals surface area contributed by atoms with Crippen LogP contribution >= 0.6 is 0 Å². The standard InChI is InChI=1S/C7H7NO/c1-2-6-4-9-5-7(6)8-3-1/h1-3H,4-5H2/i1D,5D. The highest BCUT2D eigenvalue weighted by Gasteiger charge is 2.09. The number of hydrogen-bond acceptors (Lipinski definition) is 2. The molecule has 0 bridgehead atoms. The Balaban J connectivity index is 2.50. The minimum absolute atomic E-state index is 0.376. The molecule has 0 aromatic carbocycles. The van der Waals surface area contributed by atoms with E-state index >= 15 is 0 Å². The number of ether oxygens (including phenoxy) is 1. The molecule has 1 aliphatic heterocycles. The van der Waals surface area contributed by atoms with E-state index in [1.54, 1.807) is 6.07 Å². The molecule has 1 aromatic rings. The monoisotopic (exact) mass is 123 g/mol. The van der Waals surface area contributed by atoms with Gasteiger partial charge in [0.1, 0.15) is 0 Å². The van der Waals surface area contributed by atoms with Gasteiger partial charge in [0.15, 0.2) is 0 Å². The molecule has 1 unspecified atom stereocenters. The average molecular weight is 123 g/mol. The van der Waals surface area contributed by atoms with E-state index in [0.29, 0.717) is 18.3 Å². The predicted octanol–water partition coefficient (Wildman–Crippen LogP) is 1.11. The van der Waals surface area contributed by atoms with Crippen LogP contribution in [0.4, 0.5) is 0 Å². The fourth-order valence-electron chi connectivity index (χ4n) is 0.834. The first-order valence-corrected chi connectivity index (χ1v) is 2.76. The number of aromatic nitrogens is 1. The third-order valence-corrected chi connectivity index (χ3v) is 1.30. The third kappa shape index (κ3) is 0.715. The van der Waals surface area contributed by atoms with Gasteiger partial charge in [0.2, 0.25) is 0 Å². The van der Waals surface area contributed by atoms with E-state index in [4.69, 9.17) is 7.48 Å². The topological polar surface area (TPSA) is 22.1 Å². The van der Waals surface area contributed by atoms with Gasteiger partial charge >= 0.3 is 0 Å². The Labute approximate surface area is 56.3 Å². The second kappa shape index (κ2) is 1.81. The molecule has 2 heterocycles. The molecule has 1 aliphatic rings. The van der Waals surface area contributed by atoms with Gasteiger partial charge < -0.3 is 4.74 Å². The SMILES string of the molecule is [2H]c1cnc2c(c1)COC2[2H]. The fourth-order valence-corrected chi connectivity index (χ4v) is 0.834. The fraction of sp³-hybridized carbons (Fsp3) is 0.286. The lowest BCUT2D eigenvalue weighted by molar-refractivity contribution is 0.133. The van der Waals surface area contributed by atoms with Crippen LogP contribution in [0.5, 0.6) is 0 Å². The van der Waals surface area contributed by atoms with Gasteiger partial charge in [0, 0.05) is 11.8 Å². The first-order chi connectivity index (χ1) is 5.27. The van der Waals surface area contributed by atoms with E-state index in [2.05, 4.69) is 4.98 Å². The zero-order valence-corrected chi connectivity index (χ0v) is 4.79. The number of rotatable bonds is 0. The lowest BCUT2D eigenvalue weighted by atomic mass is 10.2. The van der Waals surface area contributed by atoms with Crippen LogP contribution in [0.25, 0.3) is 0 Å². The minimum atomic E-state index is -0.648. The minimum Gasteiger partial charge on any atom is -0.370 e. The summed E-state index contributed by atoms with van der Waals surface area (Å²) in [7, 11) is 0. The molecule has 0 saturated heterocycles. The van der Waals surface area contributed by atoms with Crippen molar-refractivity contribution >= 4 is 0 Å². The van der Waals surface area contributed by atoms with Gasteiger partial charge in [-0.1, -0.05) is 6.07 Å². The summed E-state index contributed by atoms with van der Waals surface area (Å²) in [6.07, 6.45) is 1.44. The Kier molecular flexibility index (Phi) is 0.668. The van der Waals surface area contributed by atoms with Gasteiger partial charge in [-0.05, 0) is 6.04 Å². The number of pyridine rings is 1. The van der Waals surface area contributed by atoms with Crippen LogP contribution in [0, 0.1) is 0 Å². The molecule has 2 heteroatoms. The van der Waals surface area contributed by atoms with Gasteiger partial charge in [-0.15, -0.1) is 0 Å². The maximum absolute atomic E-state index is 7.34. The van der Waals surface area contributed by atoms with Gasteiger partial charge in [0.05, 0.1) is 21.6 Å². The van der Waals surface area contributed by atoms with E-state index in [1.807, 2.05) is 0 Å². The van der Waals surface area contributed by atoms with Crippen LogP contribution in [-0.4, -0.2) is 4.98 Å². The molecule has 1 aromatic heterocycles. The van der Waals surface area contributed by atoms with Crippen molar-refractivity contribution in [2.75, 3.05) is 0 Å². The van der Waals surface area contributed by atoms with E-state index in [1.165, 1.54) is 6.20 Å². The highest BCUT2D eigenvalue weighted by atomic mass is 16.5. The molecule has 9 heavy (non-hydrogen) atoms. The molecular weight excluding hydrogens is 114 g/mol. The normalized spacial score (nSPS) is 26.9. The van der Waals surface area contributed by atoms with Crippen molar-refractivity contribution in [3.8, 4) is 0 Å². The Morgan fingerprint density at radius 2 is 2.89 bits per heavy atom. The van der Waals surface area contributed by atoms with Crippen LogP contribution in [0.3, 0.4) is 0 Å².